The fourth-order valence-corrected chi connectivity index (χ4v) is 6.36. The van der Waals surface area contributed by atoms with Gasteiger partial charge in [-0.2, -0.15) is 0 Å². The second kappa shape index (κ2) is 7.81. The van der Waals surface area contributed by atoms with Crippen molar-refractivity contribution in [1.82, 2.24) is 10.6 Å². The Morgan fingerprint density at radius 1 is 1.07 bits per heavy atom. The third-order valence-electron chi connectivity index (χ3n) is 7.00. The molecule has 4 aliphatic carbocycles. The van der Waals surface area contributed by atoms with E-state index in [2.05, 4.69) is 34.9 Å². The molecule has 4 bridgehead atoms. The molecule has 0 heterocycles. The summed E-state index contributed by atoms with van der Waals surface area (Å²) in [5, 5.41) is 4.78. The Balaban J connectivity index is 1.42. The lowest BCUT2D eigenvalue weighted by molar-refractivity contribution is -0.175. The molecule has 4 aliphatic rings. The number of imide groups is 1. The summed E-state index contributed by atoms with van der Waals surface area (Å²) in [6.07, 6.45) is 6.77. The molecule has 4 atom stereocenters. The normalized spacial score (nSPS) is 31.9. The maximum atomic E-state index is 13.1. The Kier molecular flexibility index (Phi) is 5.36. The maximum Gasteiger partial charge on any atom is 0.321 e. The standard InChI is InChI=1S/C23H30N2O4/c1-2-8-24-21(28)25-19(26)14-29-20(27)23-12-16-9-17(13-23)11-22(10-16,15-23)18-6-4-3-5-7-18/h3-7,16-17H,2,8-15H2,1H3,(H2,24,25,26,28)/t16-,17+,22?,23?. The predicted molar refractivity (Wildman–Crippen MR) is 108 cm³/mol. The van der Waals surface area contributed by atoms with Crippen LogP contribution in [0.3, 0.4) is 0 Å². The largest absolute Gasteiger partial charge is 0.455 e. The van der Waals surface area contributed by atoms with Crippen molar-refractivity contribution in [2.75, 3.05) is 13.2 Å². The van der Waals surface area contributed by atoms with Crippen molar-refractivity contribution >= 4 is 17.9 Å². The molecule has 0 aliphatic heterocycles. The highest BCUT2D eigenvalue weighted by atomic mass is 16.5. The second-order valence-corrected chi connectivity index (χ2v) is 9.27. The summed E-state index contributed by atoms with van der Waals surface area (Å²) in [5.41, 5.74) is 0.883. The Morgan fingerprint density at radius 3 is 2.41 bits per heavy atom. The number of nitrogens with one attached hydrogen (secondary N) is 2. The number of amides is 3. The number of ether oxygens (including phenoxy) is 1. The van der Waals surface area contributed by atoms with E-state index in [0.29, 0.717) is 18.4 Å². The third-order valence-corrected chi connectivity index (χ3v) is 7.00. The molecule has 0 aromatic heterocycles. The molecule has 6 heteroatoms. The number of esters is 1. The Bertz CT molecular complexity index is 777. The number of hydrogen-bond donors (Lipinski definition) is 2. The first-order valence-corrected chi connectivity index (χ1v) is 10.8. The molecule has 0 spiro atoms. The van der Waals surface area contributed by atoms with Crippen molar-refractivity contribution in [2.45, 2.75) is 57.3 Å². The number of rotatable bonds is 6. The van der Waals surface area contributed by atoms with Gasteiger partial charge in [0.1, 0.15) is 0 Å². The molecule has 1 aromatic carbocycles. The number of benzene rings is 1. The van der Waals surface area contributed by atoms with E-state index in [1.165, 1.54) is 12.0 Å². The van der Waals surface area contributed by atoms with Crippen LogP contribution >= 0.6 is 0 Å². The van der Waals surface area contributed by atoms with Crippen LogP contribution in [-0.4, -0.2) is 31.1 Å². The molecule has 6 nitrogen and oxygen atoms in total. The molecule has 0 radical (unpaired) electrons. The van der Waals surface area contributed by atoms with E-state index in [4.69, 9.17) is 4.74 Å². The smallest absolute Gasteiger partial charge is 0.321 e. The van der Waals surface area contributed by atoms with Gasteiger partial charge < -0.3 is 10.1 Å². The van der Waals surface area contributed by atoms with Crippen LogP contribution in [0.1, 0.15) is 57.4 Å². The van der Waals surface area contributed by atoms with Gasteiger partial charge in [0, 0.05) is 6.54 Å². The maximum absolute atomic E-state index is 13.1. The molecule has 2 unspecified atom stereocenters. The summed E-state index contributed by atoms with van der Waals surface area (Å²) in [6.45, 7) is 2.01. The lowest BCUT2D eigenvalue weighted by Gasteiger charge is -2.61. The van der Waals surface area contributed by atoms with Crippen molar-refractivity contribution in [1.29, 1.82) is 0 Å². The molecule has 5 rings (SSSR count). The van der Waals surface area contributed by atoms with Gasteiger partial charge in [-0.05, 0) is 67.8 Å². The van der Waals surface area contributed by atoms with Crippen LogP contribution in [0.4, 0.5) is 4.79 Å². The number of carbonyl (C=O) groups excluding carboxylic acids is 3. The quantitative estimate of drug-likeness (QED) is 0.720. The van der Waals surface area contributed by atoms with Crippen LogP contribution in [-0.2, 0) is 19.7 Å². The predicted octanol–water partition coefficient (Wildman–Crippen LogP) is 3.30. The van der Waals surface area contributed by atoms with Crippen molar-refractivity contribution < 1.29 is 19.1 Å². The van der Waals surface area contributed by atoms with Crippen molar-refractivity contribution in [3.05, 3.63) is 35.9 Å². The fraction of sp³-hybridized carbons (Fsp3) is 0.609. The first-order chi connectivity index (χ1) is 13.9. The zero-order chi connectivity index (χ0) is 20.5. The molecular weight excluding hydrogens is 368 g/mol. The summed E-state index contributed by atoms with van der Waals surface area (Å²) in [5.74, 6) is 0.223. The number of carbonyl (C=O) groups is 3. The van der Waals surface area contributed by atoms with Crippen LogP contribution in [0.15, 0.2) is 30.3 Å². The van der Waals surface area contributed by atoms with Crippen LogP contribution in [0, 0.1) is 17.3 Å². The summed E-state index contributed by atoms with van der Waals surface area (Å²) >= 11 is 0. The van der Waals surface area contributed by atoms with Gasteiger partial charge >= 0.3 is 12.0 Å². The first-order valence-electron chi connectivity index (χ1n) is 10.8. The van der Waals surface area contributed by atoms with Crippen LogP contribution < -0.4 is 10.6 Å². The van der Waals surface area contributed by atoms with E-state index in [1.807, 2.05) is 13.0 Å². The van der Waals surface area contributed by atoms with E-state index < -0.39 is 24.0 Å². The van der Waals surface area contributed by atoms with Gasteiger partial charge in [-0.3, -0.25) is 14.9 Å². The Morgan fingerprint density at radius 2 is 1.76 bits per heavy atom. The lowest BCUT2D eigenvalue weighted by atomic mass is 9.43. The van der Waals surface area contributed by atoms with Crippen LogP contribution in [0.5, 0.6) is 0 Å². The Labute approximate surface area is 171 Å². The van der Waals surface area contributed by atoms with E-state index >= 15 is 0 Å². The minimum atomic E-state index is -0.588. The zero-order valence-electron chi connectivity index (χ0n) is 17.0. The van der Waals surface area contributed by atoms with E-state index in [-0.39, 0.29) is 11.4 Å². The summed E-state index contributed by atoms with van der Waals surface area (Å²) in [4.78, 5) is 36.7. The van der Waals surface area contributed by atoms with Crippen molar-refractivity contribution in [2.24, 2.45) is 17.3 Å². The van der Waals surface area contributed by atoms with E-state index in [9.17, 15) is 14.4 Å². The molecule has 4 saturated carbocycles. The van der Waals surface area contributed by atoms with E-state index in [1.54, 1.807) is 0 Å². The van der Waals surface area contributed by atoms with Gasteiger partial charge in [0.25, 0.3) is 5.91 Å². The molecule has 156 valence electrons. The minimum absolute atomic E-state index is 0.0483. The zero-order valence-corrected chi connectivity index (χ0v) is 17.0. The minimum Gasteiger partial charge on any atom is -0.455 e. The summed E-state index contributed by atoms with van der Waals surface area (Å²) < 4.78 is 5.44. The average molecular weight is 399 g/mol. The molecule has 2 N–H and O–H groups in total. The monoisotopic (exact) mass is 398 g/mol. The Hall–Kier alpha value is -2.37. The molecule has 29 heavy (non-hydrogen) atoms. The number of hydrogen-bond acceptors (Lipinski definition) is 4. The highest BCUT2D eigenvalue weighted by molar-refractivity contribution is 5.95. The van der Waals surface area contributed by atoms with Gasteiger partial charge in [-0.25, -0.2) is 4.79 Å². The molecule has 1 aromatic rings. The molecule has 4 fully saturated rings. The number of urea groups is 1. The highest BCUT2D eigenvalue weighted by Gasteiger charge is 2.61. The second-order valence-electron chi connectivity index (χ2n) is 9.27. The molecular formula is C23H30N2O4. The first kappa shape index (κ1) is 19.9. The van der Waals surface area contributed by atoms with Crippen molar-refractivity contribution in [3.8, 4) is 0 Å². The van der Waals surface area contributed by atoms with Gasteiger partial charge in [-0.15, -0.1) is 0 Å². The van der Waals surface area contributed by atoms with E-state index in [0.717, 1.165) is 38.5 Å². The average Bonchev–Trinajstić information content (AvgIpc) is 2.70. The van der Waals surface area contributed by atoms with Gasteiger partial charge in [0.05, 0.1) is 5.41 Å². The fourth-order valence-electron chi connectivity index (χ4n) is 6.36. The molecule has 0 saturated heterocycles. The van der Waals surface area contributed by atoms with Crippen molar-refractivity contribution in [3.63, 3.8) is 0 Å². The third kappa shape index (κ3) is 3.89. The van der Waals surface area contributed by atoms with Crippen LogP contribution in [0.2, 0.25) is 0 Å². The SMILES string of the molecule is CCCNC(=O)NC(=O)COC(=O)C12C[C@H]3C[C@@H](C1)CC(c1ccccc1)(C3)C2. The summed E-state index contributed by atoms with van der Waals surface area (Å²) in [6, 6.07) is 10.0. The van der Waals surface area contributed by atoms with Gasteiger partial charge in [0.15, 0.2) is 6.61 Å². The lowest BCUT2D eigenvalue weighted by Crippen LogP contribution is -2.57. The topological polar surface area (TPSA) is 84.5 Å². The van der Waals surface area contributed by atoms with Crippen LogP contribution in [0.25, 0.3) is 0 Å². The highest BCUT2D eigenvalue weighted by Crippen LogP contribution is 2.66. The van der Waals surface area contributed by atoms with Gasteiger partial charge in [-0.1, -0.05) is 37.3 Å². The molecule has 3 amide bonds. The summed E-state index contributed by atoms with van der Waals surface area (Å²) in [7, 11) is 0. The van der Waals surface area contributed by atoms with Gasteiger partial charge in [0.2, 0.25) is 0 Å².